The summed E-state index contributed by atoms with van der Waals surface area (Å²) in [6, 6.07) is 13.3. The first kappa shape index (κ1) is 33.1. The van der Waals surface area contributed by atoms with Crippen molar-refractivity contribution in [3.05, 3.63) is 77.6 Å². The summed E-state index contributed by atoms with van der Waals surface area (Å²) < 4.78 is 20.0. The van der Waals surface area contributed by atoms with Crippen LogP contribution in [0.2, 0.25) is 5.02 Å². The van der Waals surface area contributed by atoms with Gasteiger partial charge in [0, 0.05) is 39.4 Å². The van der Waals surface area contributed by atoms with Gasteiger partial charge in [-0.3, -0.25) is 9.25 Å². The maximum absolute atomic E-state index is 11.9. The molecule has 16 nitrogen and oxygen atoms in total. The van der Waals surface area contributed by atoms with Crippen molar-refractivity contribution in [1.82, 2.24) is 44.6 Å². The zero-order chi connectivity index (χ0) is 34.3. The van der Waals surface area contributed by atoms with Crippen LogP contribution in [0.3, 0.4) is 0 Å². The predicted molar refractivity (Wildman–Crippen MR) is 189 cm³/mol. The fourth-order valence-electron chi connectivity index (χ4n) is 5.47. The topological polar surface area (TPSA) is 174 Å². The molecule has 0 aliphatic carbocycles. The van der Waals surface area contributed by atoms with Crippen molar-refractivity contribution in [2.45, 2.75) is 13.2 Å². The molecule has 2 aromatic carbocycles. The highest BCUT2D eigenvalue weighted by atomic mass is 35.5. The van der Waals surface area contributed by atoms with Gasteiger partial charge in [0.25, 0.3) is 0 Å². The summed E-state index contributed by atoms with van der Waals surface area (Å²) in [5.41, 5.74) is 5.40. The molecule has 1 amide bonds. The molecule has 1 saturated heterocycles. The standard InChI is InChI=1S/C33H37ClN12O4/c1-44-19-23(17-39-44)46-21-38-29-30(42-32(43-31(29)46)45-9-13-49-14-10-45)37-18-28-40-26-15-24(34)25(16-27(26)41-28)35-7-11-48-12-8-36-33(47)50-20-22-5-3-2-4-6-22/h2-6,15-17,19,21,35H,7-14,18,20H2,1H3,(H,36,47)(H,40,41)(H,37,42,43). The maximum Gasteiger partial charge on any atom is 0.407 e. The maximum atomic E-state index is 11.9. The first-order chi connectivity index (χ1) is 24.5. The van der Waals surface area contributed by atoms with Crippen LogP contribution in [0.4, 0.5) is 22.2 Å². The average molecular weight is 701 g/mol. The van der Waals surface area contributed by atoms with Crippen molar-refractivity contribution < 1.29 is 19.0 Å². The van der Waals surface area contributed by atoms with Gasteiger partial charge < -0.3 is 40.0 Å². The number of rotatable bonds is 14. The molecule has 1 aliphatic rings. The molecule has 7 rings (SSSR count). The monoisotopic (exact) mass is 700 g/mol. The number of nitrogens with zero attached hydrogens (tertiary/aromatic N) is 8. The van der Waals surface area contributed by atoms with E-state index in [1.807, 2.05) is 60.3 Å². The van der Waals surface area contributed by atoms with Gasteiger partial charge in [0.1, 0.15) is 18.8 Å². The third kappa shape index (κ3) is 7.88. The van der Waals surface area contributed by atoms with E-state index < -0.39 is 6.09 Å². The van der Waals surface area contributed by atoms with Crippen molar-refractivity contribution in [2.75, 3.05) is 68.1 Å². The van der Waals surface area contributed by atoms with Crippen LogP contribution in [-0.2, 0) is 34.4 Å². The molecule has 0 radical (unpaired) electrons. The second-order valence-corrected chi connectivity index (χ2v) is 12.0. The molecule has 0 atom stereocenters. The molecule has 0 saturated carbocycles. The van der Waals surface area contributed by atoms with Crippen molar-refractivity contribution in [1.29, 1.82) is 0 Å². The number of carbonyl (C=O) groups is 1. The normalized spacial score (nSPS) is 13.2. The Morgan fingerprint density at radius 3 is 2.72 bits per heavy atom. The lowest BCUT2D eigenvalue weighted by Crippen LogP contribution is -2.37. The van der Waals surface area contributed by atoms with Gasteiger partial charge in [-0.05, 0) is 17.7 Å². The summed E-state index contributed by atoms with van der Waals surface area (Å²) >= 11 is 6.59. The van der Waals surface area contributed by atoms with Crippen molar-refractivity contribution >= 4 is 57.3 Å². The Labute approximate surface area is 292 Å². The number of fused-ring (bicyclic) bond motifs is 2. The number of halogens is 1. The van der Waals surface area contributed by atoms with Gasteiger partial charge in [0.2, 0.25) is 5.95 Å². The van der Waals surface area contributed by atoms with E-state index in [-0.39, 0.29) is 6.61 Å². The second kappa shape index (κ2) is 15.4. The number of anilines is 3. The van der Waals surface area contributed by atoms with Gasteiger partial charge in [0.15, 0.2) is 17.0 Å². The van der Waals surface area contributed by atoms with Crippen LogP contribution in [0, 0.1) is 0 Å². The number of carbonyl (C=O) groups excluding carboxylic acids is 1. The summed E-state index contributed by atoms with van der Waals surface area (Å²) in [6.07, 6.45) is 4.93. The highest BCUT2D eigenvalue weighted by Gasteiger charge is 2.20. The van der Waals surface area contributed by atoms with E-state index in [1.54, 1.807) is 17.2 Å². The summed E-state index contributed by atoms with van der Waals surface area (Å²) in [6.45, 7) is 4.83. The number of aromatic nitrogens is 8. The summed E-state index contributed by atoms with van der Waals surface area (Å²) in [5.74, 6) is 1.90. The summed E-state index contributed by atoms with van der Waals surface area (Å²) in [5, 5.41) is 14.3. The lowest BCUT2D eigenvalue weighted by molar-refractivity contribution is 0.122. The molecule has 4 aromatic heterocycles. The van der Waals surface area contributed by atoms with Crippen molar-refractivity contribution in [3.63, 3.8) is 0 Å². The zero-order valence-corrected chi connectivity index (χ0v) is 28.2. The molecule has 0 bridgehead atoms. The number of alkyl carbamates (subject to hydrolysis) is 1. The molecule has 17 heteroatoms. The number of hydrogen-bond donors (Lipinski definition) is 4. The van der Waals surface area contributed by atoms with Gasteiger partial charge in [-0.2, -0.15) is 15.1 Å². The van der Waals surface area contributed by atoms with E-state index in [0.717, 1.165) is 28.0 Å². The summed E-state index contributed by atoms with van der Waals surface area (Å²) in [4.78, 5) is 36.5. The van der Waals surface area contributed by atoms with Crippen LogP contribution in [-0.4, -0.2) is 98.0 Å². The lowest BCUT2D eigenvalue weighted by atomic mass is 10.2. The highest BCUT2D eigenvalue weighted by molar-refractivity contribution is 6.34. The van der Waals surface area contributed by atoms with Gasteiger partial charge >= 0.3 is 6.09 Å². The number of amides is 1. The largest absolute Gasteiger partial charge is 0.445 e. The Bertz CT molecular complexity index is 2060. The number of ether oxygens (including phenoxy) is 3. The van der Waals surface area contributed by atoms with Gasteiger partial charge in [-0.25, -0.2) is 14.8 Å². The Hall–Kier alpha value is -5.45. The summed E-state index contributed by atoms with van der Waals surface area (Å²) in [7, 11) is 1.87. The Morgan fingerprint density at radius 1 is 1.06 bits per heavy atom. The van der Waals surface area contributed by atoms with E-state index >= 15 is 0 Å². The minimum absolute atomic E-state index is 0.220. The minimum atomic E-state index is -0.483. The van der Waals surface area contributed by atoms with E-state index in [4.69, 9.17) is 40.8 Å². The Kier molecular flexibility index (Phi) is 10.2. The molecular weight excluding hydrogens is 664 g/mol. The molecule has 0 spiro atoms. The molecule has 0 unspecified atom stereocenters. The van der Waals surface area contributed by atoms with Crippen LogP contribution < -0.4 is 20.9 Å². The van der Waals surface area contributed by atoms with Crippen LogP contribution in [0.25, 0.3) is 27.9 Å². The number of H-pyrrole nitrogens is 1. The van der Waals surface area contributed by atoms with Gasteiger partial charge in [-0.1, -0.05) is 41.9 Å². The fourth-order valence-corrected chi connectivity index (χ4v) is 5.70. The van der Waals surface area contributed by atoms with Crippen LogP contribution in [0.1, 0.15) is 11.4 Å². The molecule has 4 N–H and O–H groups in total. The van der Waals surface area contributed by atoms with E-state index in [9.17, 15) is 4.79 Å². The fraction of sp³-hybridized carbons (Fsp3) is 0.333. The van der Waals surface area contributed by atoms with E-state index in [2.05, 4.69) is 35.9 Å². The minimum Gasteiger partial charge on any atom is -0.445 e. The average Bonchev–Trinajstić information content (AvgIpc) is 3.88. The molecule has 1 aliphatic heterocycles. The number of aryl methyl sites for hydroxylation is 1. The SMILES string of the molecule is Cn1cc(-n2cnc3c(NCc4nc5cc(NCCOCCNC(=O)OCc6ccccc6)c(Cl)cc5[nH]4)nc(N4CCOCC4)nc32)cn1. The molecule has 1 fully saturated rings. The number of hydrogen-bond acceptors (Lipinski definition) is 12. The predicted octanol–water partition coefficient (Wildman–Crippen LogP) is 3.88. The molecule has 50 heavy (non-hydrogen) atoms. The van der Waals surface area contributed by atoms with Crippen LogP contribution in [0.5, 0.6) is 0 Å². The quantitative estimate of drug-likeness (QED) is 0.121. The Balaban J connectivity index is 0.942. The first-order valence-corrected chi connectivity index (χ1v) is 16.6. The Morgan fingerprint density at radius 2 is 1.90 bits per heavy atom. The van der Waals surface area contributed by atoms with E-state index in [0.29, 0.717) is 92.9 Å². The number of aromatic amines is 1. The molecule has 260 valence electrons. The van der Waals surface area contributed by atoms with Crippen molar-refractivity contribution in [2.24, 2.45) is 7.05 Å². The third-order valence-electron chi connectivity index (χ3n) is 7.98. The molecular formula is C33H37ClN12O4. The number of benzene rings is 2. The molecule has 6 aromatic rings. The highest BCUT2D eigenvalue weighted by Crippen LogP contribution is 2.28. The lowest BCUT2D eigenvalue weighted by Gasteiger charge is -2.27. The molecule has 5 heterocycles. The number of morpholine rings is 1. The van der Waals surface area contributed by atoms with Crippen LogP contribution in [0.15, 0.2) is 61.2 Å². The number of imidazole rings is 2. The number of nitrogens with one attached hydrogen (secondary N) is 4. The third-order valence-corrected chi connectivity index (χ3v) is 8.29. The van der Waals surface area contributed by atoms with Crippen LogP contribution >= 0.6 is 11.6 Å². The van der Waals surface area contributed by atoms with Gasteiger partial charge in [-0.15, -0.1) is 0 Å². The first-order valence-electron chi connectivity index (χ1n) is 16.2. The van der Waals surface area contributed by atoms with E-state index in [1.165, 1.54) is 0 Å². The zero-order valence-electron chi connectivity index (χ0n) is 27.4. The smallest absolute Gasteiger partial charge is 0.407 e. The second-order valence-electron chi connectivity index (χ2n) is 11.5. The van der Waals surface area contributed by atoms with Gasteiger partial charge in [0.05, 0.1) is 66.6 Å². The van der Waals surface area contributed by atoms with Crippen molar-refractivity contribution in [3.8, 4) is 5.69 Å².